The van der Waals surface area contributed by atoms with Crippen molar-refractivity contribution in [2.75, 3.05) is 13.6 Å². The van der Waals surface area contributed by atoms with Crippen LogP contribution in [0.3, 0.4) is 0 Å². The molecule has 1 aromatic rings. The van der Waals surface area contributed by atoms with E-state index in [-0.39, 0.29) is 4.90 Å². The van der Waals surface area contributed by atoms with Crippen molar-refractivity contribution in [3.05, 3.63) is 29.8 Å². The summed E-state index contributed by atoms with van der Waals surface area (Å²) in [5.74, 6) is 0.775. The van der Waals surface area contributed by atoms with Gasteiger partial charge in [0.05, 0.1) is 23.1 Å². The summed E-state index contributed by atoms with van der Waals surface area (Å²) in [6, 6.07) is 6.96. The van der Waals surface area contributed by atoms with Crippen LogP contribution in [0.2, 0.25) is 0 Å². The number of benzene rings is 1. The lowest BCUT2D eigenvalue weighted by atomic mass is 9.96. The second kappa shape index (κ2) is 7.08. The van der Waals surface area contributed by atoms with Gasteiger partial charge in [-0.05, 0) is 43.4 Å². The summed E-state index contributed by atoms with van der Waals surface area (Å²) >= 11 is 0. The van der Waals surface area contributed by atoms with Crippen molar-refractivity contribution >= 4 is 16.0 Å². The molecule has 0 spiro atoms. The number of nitrogens with zero attached hydrogens (tertiary/aromatic N) is 1. The predicted molar refractivity (Wildman–Crippen MR) is 92.3 cm³/mol. The zero-order valence-corrected chi connectivity index (χ0v) is 14.6. The molecule has 2 aliphatic rings. The highest BCUT2D eigenvalue weighted by Gasteiger charge is 2.41. The fourth-order valence-electron chi connectivity index (χ4n) is 3.33. The van der Waals surface area contributed by atoms with Gasteiger partial charge >= 0.3 is 0 Å². The second-order valence-electron chi connectivity index (χ2n) is 6.30. The molecule has 1 aromatic carbocycles. The molecule has 7 nitrogen and oxygen atoms in total. The fourth-order valence-corrected chi connectivity index (χ4v) is 3.85. The minimum atomic E-state index is -3.63. The van der Waals surface area contributed by atoms with Crippen LogP contribution in [0.4, 0.5) is 0 Å². The van der Waals surface area contributed by atoms with Crippen molar-refractivity contribution in [3.8, 4) is 0 Å². The van der Waals surface area contributed by atoms with Crippen molar-refractivity contribution in [1.82, 2.24) is 10.6 Å². The molecule has 0 aromatic heterocycles. The van der Waals surface area contributed by atoms with Gasteiger partial charge in [-0.2, -0.15) is 0 Å². The summed E-state index contributed by atoms with van der Waals surface area (Å²) in [4.78, 5) is 4.39. The molecule has 3 rings (SSSR count). The zero-order valence-electron chi connectivity index (χ0n) is 13.7. The number of rotatable bonds is 5. The van der Waals surface area contributed by atoms with E-state index in [0.717, 1.165) is 30.8 Å². The third-order valence-corrected chi connectivity index (χ3v) is 5.54. The van der Waals surface area contributed by atoms with Crippen LogP contribution in [-0.4, -0.2) is 46.2 Å². The number of aliphatic imine (C=N–C) groups is 1. The van der Waals surface area contributed by atoms with Crippen molar-refractivity contribution in [2.45, 2.75) is 48.8 Å². The van der Waals surface area contributed by atoms with Crippen LogP contribution in [0, 0.1) is 0 Å². The highest BCUT2D eigenvalue weighted by atomic mass is 32.2. The van der Waals surface area contributed by atoms with Crippen LogP contribution in [0.5, 0.6) is 0 Å². The van der Waals surface area contributed by atoms with Gasteiger partial charge in [-0.25, -0.2) is 13.6 Å². The standard InChI is InChI=1S/C16H24N4O3S/c1-18-16(20-14-10-12-4-7-15(14)23-12)19-9-8-11-2-5-13(6-3-11)24(17,21)22/h2-3,5-6,12,14-15H,4,7-10H2,1H3,(H2,17,21,22)(H2,18,19,20). The Balaban J connectivity index is 1.46. The van der Waals surface area contributed by atoms with Crippen LogP contribution in [0.1, 0.15) is 24.8 Å². The van der Waals surface area contributed by atoms with E-state index in [4.69, 9.17) is 9.88 Å². The largest absolute Gasteiger partial charge is 0.373 e. The van der Waals surface area contributed by atoms with E-state index in [1.54, 1.807) is 19.2 Å². The predicted octanol–water partition coefficient (Wildman–Crippen LogP) is 0.361. The number of ether oxygens (including phenoxy) is 1. The zero-order chi connectivity index (χ0) is 17.2. The minimum Gasteiger partial charge on any atom is -0.373 e. The van der Waals surface area contributed by atoms with Gasteiger partial charge in [0.15, 0.2) is 5.96 Å². The number of hydrogen-bond donors (Lipinski definition) is 3. The highest BCUT2D eigenvalue weighted by molar-refractivity contribution is 7.89. The van der Waals surface area contributed by atoms with Crippen molar-refractivity contribution in [1.29, 1.82) is 0 Å². The molecule has 0 radical (unpaired) electrons. The molecule has 0 aliphatic carbocycles. The Labute approximate surface area is 142 Å². The van der Waals surface area contributed by atoms with E-state index in [9.17, 15) is 8.42 Å². The average Bonchev–Trinajstić information content (AvgIpc) is 3.16. The second-order valence-corrected chi connectivity index (χ2v) is 7.86. The van der Waals surface area contributed by atoms with Gasteiger partial charge in [-0.3, -0.25) is 4.99 Å². The number of nitrogens with two attached hydrogens (primary N) is 1. The molecule has 132 valence electrons. The van der Waals surface area contributed by atoms with Crippen LogP contribution in [-0.2, 0) is 21.2 Å². The summed E-state index contributed by atoms with van der Waals surface area (Å²) in [5.41, 5.74) is 1.04. The van der Waals surface area contributed by atoms with Gasteiger partial charge in [0.2, 0.25) is 10.0 Å². The van der Waals surface area contributed by atoms with E-state index >= 15 is 0 Å². The van der Waals surface area contributed by atoms with Gasteiger partial charge < -0.3 is 15.4 Å². The molecule has 2 bridgehead atoms. The first-order valence-corrected chi connectivity index (χ1v) is 9.75. The summed E-state index contributed by atoms with van der Waals surface area (Å²) in [7, 11) is -1.88. The van der Waals surface area contributed by atoms with Gasteiger partial charge in [-0.1, -0.05) is 12.1 Å². The Morgan fingerprint density at radius 2 is 2.08 bits per heavy atom. The van der Waals surface area contributed by atoms with Gasteiger partial charge in [0.1, 0.15) is 0 Å². The van der Waals surface area contributed by atoms with E-state index in [0.29, 0.717) is 24.8 Å². The lowest BCUT2D eigenvalue weighted by Gasteiger charge is -2.22. The Morgan fingerprint density at radius 3 is 2.62 bits per heavy atom. The summed E-state index contributed by atoms with van der Waals surface area (Å²) in [5, 5.41) is 11.8. The average molecular weight is 352 g/mol. The molecular weight excluding hydrogens is 328 g/mol. The van der Waals surface area contributed by atoms with Crippen molar-refractivity contribution in [2.24, 2.45) is 10.1 Å². The maximum atomic E-state index is 11.2. The maximum absolute atomic E-state index is 11.2. The molecule has 2 aliphatic heterocycles. The first kappa shape index (κ1) is 17.2. The van der Waals surface area contributed by atoms with E-state index in [1.165, 1.54) is 18.6 Å². The third-order valence-electron chi connectivity index (χ3n) is 4.61. The summed E-state index contributed by atoms with van der Waals surface area (Å²) < 4.78 is 28.3. The monoisotopic (exact) mass is 352 g/mol. The van der Waals surface area contributed by atoms with E-state index in [2.05, 4.69) is 15.6 Å². The molecule has 3 unspecified atom stereocenters. The Morgan fingerprint density at radius 1 is 1.33 bits per heavy atom. The molecule has 2 fully saturated rings. The Hall–Kier alpha value is -1.64. The molecule has 2 heterocycles. The lowest BCUT2D eigenvalue weighted by molar-refractivity contribution is 0.0992. The fraction of sp³-hybridized carbons (Fsp3) is 0.562. The quantitative estimate of drug-likeness (QED) is 0.524. The number of nitrogens with one attached hydrogen (secondary N) is 2. The molecule has 0 saturated carbocycles. The first-order valence-electron chi connectivity index (χ1n) is 8.20. The van der Waals surface area contributed by atoms with Crippen LogP contribution in [0.25, 0.3) is 0 Å². The molecule has 8 heteroatoms. The molecule has 4 N–H and O–H groups in total. The molecule has 24 heavy (non-hydrogen) atoms. The molecular formula is C16H24N4O3S. The smallest absolute Gasteiger partial charge is 0.238 e. The van der Waals surface area contributed by atoms with Gasteiger partial charge in [-0.15, -0.1) is 0 Å². The summed E-state index contributed by atoms with van der Waals surface area (Å²) in [6.45, 7) is 0.704. The number of fused-ring (bicyclic) bond motifs is 2. The Bertz CT molecular complexity index is 703. The molecule has 2 saturated heterocycles. The number of sulfonamides is 1. The van der Waals surface area contributed by atoms with Crippen molar-refractivity contribution in [3.63, 3.8) is 0 Å². The number of primary sulfonamides is 1. The Kier molecular flexibility index (Phi) is 5.07. The van der Waals surface area contributed by atoms with Crippen LogP contribution >= 0.6 is 0 Å². The van der Waals surface area contributed by atoms with Gasteiger partial charge in [0, 0.05) is 13.6 Å². The highest BCUT2D eigenvalue weighted by Crippen LogP contribution is 2.34. The van der Waals surface area contributed by atoms with Gasteiger partial charge in [0.25, 0.3) is 0 Å². The minimum absolute atomic E-state index is 0.132. The van der Waals surface area contributed by atoms with Crippen LogP contribution < -0.4 is 15.8 Å². The number of guanidine groups is 1. The number of hydrogen-bond acceptors (Lipinski definition) is 4. The summed E-state index contributed by atoms with van der Waals surface area (Å²) in [6.07, 6.45) is 4.81. The first-order chi connectivity index (χ1) is 11.5. The topological polar surface area (TPSA) is 106 Å². The third kappa shape index (κ3) is 4.06. The molecule has 0 amide bonds. The van der Waals surface area contributed by atoms with E-state index in [1.807, 2.05) is 0 Å². The van der Waals surface area contributed by atoms with Crippen LogP contribution in [0.15, 0.2) is 34.2 Å². The van der Waals surface area contributed by atoms with Crippen molar-refractivity contribution < 1.29 is 13.2 Å². The SMILES string of the molecule is CN=C(NCCc1ccc(S(N)(=O)=O)cc1)NC1CC2CCC1O2. The normalized spacial score (nSPS) is 26.6. The lowest BCUT2D eigenvalue weighted by Crippen LogP contribution is -2.47. The van der Waals surface area contributed by atoms with E-state index < -0.39 is 10.0 Å². The maximum Gasteiger partial charge on any atom is 0.238 e. The molecule has 3 atom stereocenters.